The minimum absolute atomic E-state index is 0.192. The maximum atomic E-state index is 12.6. The fourth-order valence-corrected chi connectivity index (χ4v) is 4.36. The molecule has 0 bridgehead atoms. The highest BCUT2D eigenvalue weighted by atomic mass is 32.2. The number of hydrogen-bond donors (Lipinski definition) is 1. The summed E-state index contributed by atoms with van der Waals surface area (Å²) in [7, 11) is -3.55. The number of hydrogen-bond acceptors (Lipinski definition) is 8. The van der Waals surface area contributed by atoms with Crippen LogP contribution in [0.25, 0.3) is 22.1 Å². The molecule has 0 fully saturated rings. The van der Waals surface area contributed by atoms with Crippen LogP contribution >= 0.6 is 0 Å². The Kier molecular flexibility index (Phi) is 4.36. The lowest BCUT2D eigenvalue weighted by molar-refractivity contribution is 0.594. The third-order valence-electron chi connectivity index (χ3n) is 4.57. The molecule has 0 radical (unpaired) electrons. The largest absolute Gasteiger partial charge is 0.450 e. The molecule has 0 saturated carbocycles. The highest BCUT2D eigenvalue weighted by molar-refractivity contribution is 7.90. The van der Waals surface area contributed by atoms with Crippen molar-refractivity contribution in [3.8, 4) is 0 Å². The molecule has 148 valence electrons. The van der Waals surface area contributed by atoms with Crippen molar-refractivity contribution in [2.24, 2.45) is 0 Å². The fourth-order valence-electron chi connectivity index (χ4n) is 3.15. The molecule has 0 aliphatic heterocycles. The number of fused-ring (bicyclic) bond motifs is 3. The van der Waals surface area contributed by atoms with E-state index in [1.54, 1.807) is 18.2 Å². The zero-order valence-electron chi connectivity index (χ0n) is 15.6. The molecule has 0 aliphatic carbocycles. The molecule has 0 spiro atoms. The lowest BCUT2D eigenvalue weighted by atomic mass is 10.2. The summed E-state index contributed by atoms with van der Waals surface area (Å²) in [6.45, 7) is 0. The molecule has 0 amide bonds. The Morgan fingerprint density at radius 2 is 1.63 bits per heavy atom. The number of para-hydroxylation sites is 1. The van der Waals surface area contributed by atoms with Gasteiger partial charge in [0.05, 0.1) is 4.90 Å². The van der Waals surface area contributed by atoms with Crippen molar-refractivity contribution in [2.45, 2.75) is 10.6 Å². The van der Waals surface area contributed by atoms with Crippen molar-refractivity contribution in [2.75, 3.05) is 5.32 Å². The van der Waals surface area contributed by atoms with Gasteiger partial charge in [0.25, 0.3) is 0 Å². The number of benzene rings is 2. The van der Waals surface area contributed by atoms with E-state index in [9.17, 15) is 8.42 Å². The predicted molar refractivity (Wildman–Crippen MR) is 112 cm³/mol. The number of anilines is 2. The summed E-state index contributed by atoms with van der Waals surface area (Å²) in [4.78, 5) is 16.8. The normalized spacial score (nSPS) is 11.7. The summed E-state index contributed by atoms with van der Waals surface area (Å²) >= 11 is 0. The lowest BCUT2D eigenvalue weighted by Gasteiger charge is -2.07. The molecule has 0 atom stereocenters. The molecule has 2 aromatic carbocycles. The van der Waals surface area contributed by atoms with Gasteiger partial charge in [-0.1, -0.05) is 12.1 Å². The third kappa shape index (κ3) is 3.35. The SMILES string of the molecule is O=S(=O)(Cc1ncccn1)c1ccc(Nc2ncnc3c2oc2ccccc23)cc1. The number of furan rings is 1. The van der Waals surface area contributed by atoms with E-state index in [1.165, 1.54) is 30.9 Å². The van der Waals surface area contributed by atoms with Crippen molar-refractivity contribution in [1.29, 1.82) is 0 Å². The maximum absolute atomic E-state index is 12.6. The smallest absolute Gasteiger partial charge is 0.196 e. The Bertz CT molecular complexity index is 1450. The van der Waals surface area contributed by atoms with Crippen LogP contribution in [0, 0.1) is 0 Å². The van der Waals surface area contributed by atoms with Crippen LogP contribution in [0.4, 0.5) is 11.5 Å². The third-order valence-corrected chi connectivity index (χ3v) is 6.20. The molecule has 0 aliphatic rings. The van der Waals surface area contributed by atoms with Gasteiger partial charge in [0, 0.05) is 23.5 Å². The van der Waals surface area contributed by atoms with Gasteiger partial charge < -0.3 is 9.73 Å². The van der Waals surface area contributed by atoms with Gasteiger partial charge in [-0.25, -0.2) is 28.4 Å². The standard InChI is InChI=1S/C21H15N5O3S/c27-30(28,12-18-22-10-3-11-23-18)15-8-6-14(7-9-15)26-21-20-19(24-13-25-21)16-4-1-2-5-17(16)29-20/h1-11,13H,12H2,(H,24,25,26). The molecule has 5 rings (SSSR count). The summed E-state index contributed by atoms with van der Waals surface area (Å²) in [5, 5.41) is 4.08. The zero-order valence-corrected chi connectivity index (χ0v) is 16.4. The zero-order chi connectivity index (χ0) is 20.6. The van der Waals surface area contributed by atoms with Gasteiger partial charge in [0.1, 0.15) is 29.0 Å². The Labute approximate surface area is 171 Å². The molecule has 9 heteroatoms. The Hall–Kier alpha value is -3.85. The molecule has 30 heavy (non-hydrogen) atoms. The number of rotatable bonds is 5. The Morgan fingerprint density at radius 3 is 2.43 bits per heavy atom. The highest BCUT2D eigenvalue weighted by Gasteiger charge is 2.17. The van der Waals surface area contributed by atoms with Crippen LogP contribution in [-0.2, 0) is 15.6 Å². The molecule has 8 nitrogen and oxygen atoms in total. The van der Waals surface area contributed by atoms with E-state index >= 15 is 0 Å². The summed E-state index contributed by atoms with van der Waals surface area (Å²) < 4.78 is 31.1. The van der Waals surface area contributed by atoms with E-state index in [2.05, 4.69) is 25.3 Å². The van der Waals surface area contributed by atoms with Gasteiger partial charge in [0.2, 0.25) is 0 Å². The Morgan fingerprint density at radius 1 is 0.867 bits per heavy atom. The summed E-state index contributed by atoms with van der Waals surface area (Å²) in [5.41, 5.74) is 2.65. The molecular formula is C21H15N5O3S. The average molecular weight is 417 g/mol. The first-order valence-electron chi connectivity index (χ1n) is 9.08. The van der Waals surface area contributed by atoms with Crippen LogP contribution in [0.15, 0.2) is 82.6 Å². The first kappa shape index (κ1) is 18.2. The molecular weight excluding hydrogens is 402 g/mol. The maximum Gasteiger partial charge on any atom is 0.196 e. The van der Waals surface area contributed by atoms with E-state index < -0.39 is 9.84 Å². The molecule has 3 aromatic heterocycles. The van der Waals surface area contributed by atoms with Gasteiger partial charge in [-0.3, -0.25) is 0 Å². The van der Waals surface area contributed by atoms with Crippen molar-refractivity contribution in [1.82, 2.24) is 19.9 Å². The van der Waals surface area contributed by atoms with E-state index in [0.29, 0.717) is 22.6 Å². The quantitative estimate of drug-likeness (QED) is 0.459. The van der Waals surface area contributed by atoms with Crippen molar-refractivity contribution in [3.05, 3.63) is 79.1 Å². The van der Waals surface area contributed by atoms with Gasteiger partial charge in [-0.2, -0.15) is 0 Å². The lowest BCUT2D eigenvalue weighted by Crippen LogP contribution is -2.07. The van der Waals surface area contributed by atoms with E-state index in [0.717, 1.165) is 11.0 Å². The topological polar surface area (TPSA) is 111 Å². The van der Waals surface area contributed by atoms with E-state index in [4.69, 9.17) is 4.42 Å². The van der Waals surface area contributed by atoms with Crippen molar-refractivity contribution < 1.29 is 12.8 Å². The monoisotopic (exact) mass is 417 g/mol. The number of nitrogens with zero attached hydrogens (tertiary/aromatic N) is 4. The van der Waals surface area contributed by atoms with Crippen LogP contribution in [0.2, 0.25) is 0 Å². The second-order valence-electron chi connectivity index (χ2n) is 6.57. The summed E-state index contributed by atoms with van der Waals surface area (Å²) in [6, 6.07) is 15.7. The Balaban J connectivity index is 1.43. The van der Waals surface area contributed by atoms with Crippen LogP contribution in [0.1, 0.15) is 5.82 Å². The molecule has 5 aromatic rings. The first-order chi connectivity index (χ1) is 14.6. The first-order valence-corrected chi connectivity index (χ1v) is 10.7. The van der Waals surface area contributed by atoms with Crippen LogP contribution in [0.3, 0.4) is 0 Å². The molecule has 0 saturated heterocycles. The highest BCUT2D eigenvalue weighted by Crippen LogP contribution is 2.31. The van der Waals surface area contributed by atoms with E-state index in [-0.39, 0.29) is 16.5 Å². The minimum atomic E-state index is -3.55. The second-order valence-corrected chi connectivity index (χ2v) is 8.56. The average Bonchev–Trinajstić information content (AvgIpc) is 3.14. The molecule has 1 N–H and O–H groups in total. The summed E-state index contributed by atoms with van der Waals surface area (Å²) in [6.07, 6.45) is 4.50. The summed E-state index contributed by atoms with van der Waals surface area (Å²) in [5.74, 6) is 0.504. The minimum Gasteiger partial charge on any atom is -0.450 e. The van der Waals surface area contributed by atoms with Crippen LogP contribution < -0.4 is 5.32 Å². The van der Waals surface area contributed by atoms with Crippen molar-refractivity contribution in [3.63, 3.8) is 0 Å². The van der Waals surface area contributed by atoms with Gasteiger partial charge >= 0.3 is 0 Å². The van der Waals surface area contributed by atoms with Crippen molar-refractivity contribution >= 4 is 43.4 Å². The van der Waals surface area contributed by atoms with E-state index in [1.807, 2.05) is 24.3 Å². The number of sulfone groups is 1. The van der Waals surface area contributed by atoms with Gasteiger partial charge in [-0.15, -0.1) is 0 Å². The van der Waals surface area contributed by atoms with Crippen LogP contribution in [-0.4, -0.2) is 28.4 Å². The molecule has 3 heterocycles. The second kappa shape index (κ2) is 7.20. The van der Waals surface area contributed by atoms with Gasteiger partial charge in [-0.05, 0) is 42.5 Å². The predicted octanol–water partition coefficient (Wildman–Crippen LogP) is 3.88. The molecule has 0 unspecified atom stereocenters. The van der Waals surface area contributed by atoms with Gasteiger partial charge in [0.15, 0.2) is 21.2 Å². The van der Waals surface area contributed by atoms with Crippen LogP contribution in [0.5, 0.6) is 0 Å². The fraction of sp³-hybridized carbons (Fsp3) is 0.0476. The number of aromatic nitrogens is 4. The number of nitrogens with one attached hydrogen (secondary N) is 1.